The number of rotatable bonds is 1. The lowest BCUT2D eigenvalue weighted by Crippen LogP contribution is -2.54. The van der Waals surface area contributed by atoms with Gasteiger partial charge in [-0.05, 0) is 74.2 Å². The fraction of sp³-hybridized carbons (Fsp3) is 0.842. The van der Waals surface area contributed by atoms with Crippen molar-refractivity contribution in [1.29, 1.82) is 0 Å². The summed E-state index contributed by atoms with van der Waals surface area (Å²) in [5.41, 5.74) is -0.422. The van der Waals surface area contributed by atoms with Crippen LogP contribution in [0.4, 0.5) is 8.78 Å². The Hall–Kier alpha value is -0.770. The Morgan fingerprint density at radius 2 is 1.91 bits per heavy atom. The van der Waals surface area contributed by atoms with Crippen molar-refractivity contribution in [2.45, 2.75) is 70.8 Å². The second-order valence-electron chi connectivity index (χ2n) is 8.53. The summed E-state index contributed by atoms with van der Waals surface area (Å²) in [5, 5.41) is 10.4. The summed E-state index contributed by atoms with van der Waals surface area (Å²) >= 11 is 0. The summed E-state index contributed by atoms with van der Waals surface area (Å²) in [6.45, 7) is 2.16. The van der Waals surface area contributed by atoms with Crippen LogP contribution < -0.4 is 0 Å². The van der Waals surface area contributed by atoms with Gasteiger partial charge in [0.15, 0.2) is 5.78 Å². The van der Waals surface area contributed by atoms with Crippen LogP contribution in [0.15, 0.2) is 11.6 Å². The Bertz CT molecular complexity index is 558. The van der Waals surface area contributed by atoms with E-state index < -0.39 is 11.8 Å². The third-order valence-electron chi connectivity index (χ3n) is 7.90. The number of fused-ring (bicyclic) bond motifs is 5. The first kappa shape index (κ1) is 15.7. The lowest BCUT2D eigenvalue weighted by Gasteiger charge is -2.58. The van der Waals surface area contributed by atoms with E-state index in [0.717, 1.165) is 37.7 Å². The molecule has 0 heterocycles. The number of hydrogen-bond acceptors (Lipinski definition) is 2. The van der Waals surface area contributed by atoms with Crippen molar-refractivity contribution in [3.8, 4) is 0 Å². The molecule has 4 heteroatoms. The smallest absolute Gasteiger partial charge is 0.248 e. The van der Waals surface area contributed by atoms with Crippen molar-refractivity contribution >= 4 is 5.78 Å². The van der Waals surface area contributed by atoms with Gasteiger partial charge >= 0.3 is 0 Å². The van der Waals surface area contributed by atoms with Gasteiger partial charge in [0.2, 0.25) is 6.43 Å². The van der Waals surface area contributed by atoms with Gasteiger partial charge in [-0.2, -0.15) is 0 Å². The maximum atomic E-state index is 14.3. The fourth-order valence-corrected chi connectivity index (χ4v) is 6.66. The largest absolute Gasteiger partial charge is 0.393 e. The number of aliphatic hydroxyl groups is 1. The number of alkyl halides is 2. The van der Waals surface area contributed by atoms with E-state index in [1.165, 1.54) is 0 Å². The van der Waals surface area contributed by atoms with Crippen LogP contribution in [0, 0.1) is 28.6 Å². The zero-order chi connectivity index (χ0) is 16.4. The van der Waals surface area contributed by atoms with Crippen LogP contribution in [0.5, 0.6) is 0 Å². The summed E-state index contributed by atoms with van der Waals surface area (Å²) in [6, 6.07) is 0. The summed E-state index contributed by atoms with van der Waals surface area (Å²) in [4.78, 5) is 11.8. The molecule has 1 unspecified atom stereocenters. The summed E-state index contributed by atoms with van der Waals surface area (Å²) in [6.07, 6.45) is 4.41. The molecule has 4 rings (SSSR count). The van der Waals surface area contributed by atoms with E-state index in [9.17, 15) is 18.7 Å². The minimum absolute atomic E-state index is 0.0148. The number of allylic oxidation sites excluding steroid dienone is 1. The summed E-state index contributed by atoms with van der Waals surface area (Å²) in [7, 11) is 0. The van der Waals surface area contributed by atoms with Crippen LogP contribution in [-0.2, 0) is 4.79 Å². The van der Waals surface area contributed by atoms with Crippen LogP contribution in [0.2, 0.25) is 0 Å². The zero-order valence-electron chi connectivity index (χ0n) is 13.7. The van der Waals surface area contributed by atoms with Gasteiger partial charge in [-0.1, -0.05) is 12.5 Å². The Morgan fingerprint density at radius 1 is 1.13 bits per heavy atom. The molecule has 4 aliphatic carbocycles. The number of halogens is 2. The SMILES string of the molecule is C[C@]12CC[C@H]3[C@@H](CCC4=CC(=O)CC[C@@]43C(F)F)[C@@H]1CCC2O. The highest BCUT2D eigenvalue weighted by Crippen LogP contribution is 2.66. The van der Waals surface area contributed by atoms with Gasteiger partial charge in [0, 0.05) is 6.42 Å². The fourth-order valence-electron chi connectivity index (χ4n) is 6.66. The van der Waals surface area contributed by atoms with Crippen LogP contribution in [0.25, 0.3) is 0 Å². The Morgan fingerprint density at radius 3 is 2.65 bits per heavy atom. The third-order valence-corrected chi connectivity index (χ3v) is 7.90. The molecule has 0 saturated heterocycles. The molecule has 0 radical (unpaired) electrons. The monoisotopic (exact) mass is 324 g/mol. The second-order valence-corrected chi connectivity index (χ2v) is 8.53. The molecule has 0 spiro atoms. The topological polar surface area (TPSA) is 37.3 Å². The van der Waals surface area contributed by atoms with Crippen molar-refractivity contribution in [3.05, 3.63) is 11.6 Å². The first-order valence-corrected chi connectivity index (χ1v) is 9.09. The normalized spacial score (nSPS) is 49.4. The first-order chi connectivity index (χ1) is 10.9. The van der Waals surface area contributed by atoms with Crippen molar-refractivity contribution in [1.82, 2.24) is 0 Å². The highest BCUT2D eigenvalue weighted by atomic mass is 19.3. The van der Waals surface area contributed by atoms with Gasteiger partial charge in [-0.25, -0.2) is 8.78 Å². The molecule has 6 atom stereocenters. The summed E-state index contributed by atoms with van der Waals surface area (Å²) in [5.74, 6) is 0.655. The molecule has 0 amide bonds. The van der Waals surface area contributed by atoms with Crippen molar-refractivity contribution in [3.63, 3.8) is 0 Å². The minimum atomic E-state index is -2.38. The van der Waals surface area contributed by atoms with Crippen LogP contribution in [0.3, 0.4) is 0 Å². The Kier molecular flexibility index (Phi) is 3.50. The Balaban J connectivity index is 1.74. The Labute approximate surface area is 136 Å². The lowest BCUT2D eigenvalue weighted by molar-refractivity contribution is -0.133. The molecule has 128 valence electrons. The van der Waals surface area contributed by atoms with E-state index in [1.54, 1.807) is 6.08 Å². The van der Waals surface area contributed by atoms with Crippen molar-refractivity contribution < 1.29 is 18.7 Å². The molecule has 1 N–H and O–H groups in total. The lowest BCUT2D eigenvalue weighted by atomic mass is 9.47. The van der Waals surface area contributed by atoms with Crippen LogP contribution in [0.1, 0.15) is 58.3 Å². The quantitative estimate of drug-likeness (QED) is 0.787. The molecule has 0 aromatic heterocycles. The average molecular weight is 324 g/mol. The van der Waals surface area contributed by atoms with Gasteiger partial charge in [0.1, 0.15) is 0 Å². The van der Waals surface area contributed by atoms with E-state index in [2.05, 4.69) is 6.92 Å². The molecule has 2 nitrogen and oxygen atoms in total. The van der Waals surface area contributed by atoms with E-state index >= 15 is 0 Å². The average Bonchev–Trinajstić information content (AvgIpc) is 2.82. The van der Waals surface area contributed by atoms with Crippen molar-refractivity contribution in [2.75, 3.05) is 0 Å². The molecule has 4 aliphatic rings. The number of carbonyl (C=O) groups is 1. The standard InChI is InChI=1S/C19H26F2O2/c1-18-8-7-15-13(14(18)4-5-16(18)23)3-2-11-10-12(22)6-9-19(11,15)17(20)21/h10,13-17,23H,2-9H2,1H3/t13-,14-,15-,16?,18-,19+/m0/s1. The molecule has 3 saturated carbocycles. The van der Waals surface area contributed by atoms with Gasteiger partial charge in [-0.3, -0.25) is 4.79 Å². The maximum absolute atomic E-state index is 14.3. The molecule has 0 bridgehead atoms. The highest BCUT2D eigenvalue weighted by Gasteiger charge is 2.62. The molecular weight excluding hydrogens is 298 g/mol. The molecule has 0 aliphatic heterocycles. The van der Waals surface area contributed by atoms with E-state index in [4.69, 9.17) is 0 Å². The van der Waals surface area contributed by atoms with Gasteiger partial charge in [-0.15, -0.1) is 0 Å². The predicted octanol–water partition coefficient (Wildman–Crippen LogP) is 4.12. The molecule has 3 fully saturated rings. The minimum Gasteiger partial charge on any atom is -0.393 e. The number of aliphatic hydroxyl groups excluding tert-OH is 1. The molecule has 23 heavy (non-hydrogen) atoms. The molecular formula is C19H26F2O2. The van der Waals surface area contributed by atoms with E-state index in [-0.39, 0.29) is 35.6 Å². The maximum Gasteiger partial charge on any atom is 0.248 e. The zero-order valence-corrected chi connectivity index (χ0v) is 13.7. The van der Waals surface area contributed by atoms with E-state index in [0.29, 0.717) is 18.8 Å². The number of ketones is 1. The van der Waals surface area contributed by atoms with Crippen molar-refractivity contribution in [2.24, 2.45) is 28.6 Å². The van der Waals surface area contributed by atoms with Gasteiger partial charge in [0.05, 0.1) is 11.5 Å². The molecule has 0 aromatic carbocycles. The summed E-state index contributed by atoms with van der Waals surface area (Å²) < 4.78 is 28.5. The third kappa shape index (κ3) is 1.96. The second kappa shape index (κ2) is 5.11. The predicted molar refractivity (Wildman–Crippen MR) is 83.0 cm³/mol. The number of hydrogen-bond donors (Lipinski definition) is 1. The van der Waals surface area contributed by atoms with Gasteiger partial charge in [0.25, 0.3) is 0 Å². The van der Waals surface area contributed by atoms with Crippen LogP contribution >= 0.6 is 0 Å². The van der Waals surface area contributed by atoms with E-state index in [1.807, 2.05) is 0 Å². The first-order valence-electron chi connectivity index (χ1n) is 9.09. The van der Waals surface area contributed by atoms with Gasteiger partial charge < -0.3 is 5.11 Å². The molecule has 0 aromatic rings. The van der Waals surface area contributed by atoms with Crippen LogP contribution in [-0.4, -0.2) is 23.4 Å². The number of carbonyl (C=O) groups excluding carboxylic acids is 1. The highest BCUT2D eigenvalue weighted by molar-refractivity contribution is 5.91.